The number of halogens is 2. The lowest BCUT2D eigenvalue weighted by atomic mass is 10.2. The molecule has 0 bridgehead atoms. The van der Waals surface area contributed by atoms with Crippen LogP contribution in [0.5, 0.6) is 0 Å². The minimum absolute atomic E-state index is 0.0134. The van der Waals surface area contributed by atoms with Crippen molar-refractivity contribution in [1.29, 1.82) is 0 Å². The molecule has 3 aromatic rings. The molecular formula is C17H15Cl2N5OS. The number of benzene rings is 1. The molecule has 134 valence electrons. The molecule has 9 heteroatoms. The molecule has 26 heavy (non-hydrogen) atoms. The summed E-state index contributed by atoms with van der Waals surface area (Å²) < 4.78 is 0.690. The van der Waals surface area contributed by atoms with Gasteiger partial charge in [-0.1, -0.05) is 41.4 Å². The van der Waals surface area contributed by atoms with Crippen LogP contribution in [0.4, 0.5) is 0 Å². The van der Waals surface area contributed by atoms with Crippen molar-refractivity contribution in [3.8, 4) is 11.4 Å². The van der Waals surface area contributed by atoms with Crippen LogP contribution in [0.3, 0.4) is 0 Å². The third-order valence-electron chi connectivity index (χ3n) is 3.49. The van der Waals surface area contributed by atoms with Crippen molar-refractivity contribution in [2.45, 2.75) is 13.1 Å². The zero-order valence-electron chi connectivity index (χ0n) is 13.7. The SMILES string of the molecule is C=CCN(Cc1ccc(Cl)s1)C(=O)Cn1nnc(-c2cccc(Cl)c2)n1. The largest absolute Gasteiger partial charge is 0.332 e. The zero-order valence-corrected chi connectivity index (χ0v) is 16.0. The summed E-state index contributed by atoms with van der Waals surface area (Å²) in [7, 11) is 0. The summed E-state index contributed by atoms with van der Waals surface area (Å²) in [4.78, 5) is 16.5. The second-order valence-electron chi connectivity index (χ2n) is 5.42. The van der Waals surface area contributed by atoms with E-state index in [0.717, 1.165) is 10.4 Å². The minimum atomic E-state index is -0.135. The molecule has 0 spiro atoms. The second-order valence-corrected chi connectivity index (χ2v) is 7.66. The highest BCUT2D eigenvalue weighted by atomic mass is 35.5. The average Bonchev–Trinajstić information content (AvgIpc) is 3.23. The average molecular weight is 408 g/mol. The van der Waals surface area contributed by atoms with Crippen molar-refractivity contribution in [3.05, 3.63) is 63.3 Å². The molecule has 0 N–H and O–H groups in total. The molecule has 1 aromatic carbocycles. The van der Waals surface area contributed by atoms with E-state index in [1.165, 1.54) is 16.1 Å². The first-order valence-corrected chi connectivity index (χ1v) is 9.29. The summed E-state index contributed by atoms with van der Waals surface area (Å²) in [5.41, 5.74) is 0.743. The Bertz CT molecular complexity index is 923. The molecule has 0 unspecified atom stereocenters. The zero-order chi connectivity index (χ0) is 18.5. The van der Waals surface area contributed by atoms with Crippen molar-refractivity contribution < 1.29 is 4.79 Å². The Hall–Kier alpha value is -2.22. The molecule has 0 fully saturated rings. The van der Waals surface area contributed by atoms with Crippen LogP contribution in [-0.4, -0.2) is 37.6 Å². The fourth-order valence-electron chi connectivity index (χ4n) is 2.31. The van der Waals surface area contributed by atoms with E-state index in [2.05, 4.69) is 22.0 Å². The molecule has 0 aliphatic carbocycles. The van der Waals surface area contributed by atoms with Crippen molar-refractivity contribution >= 4 is 40.4 Å². The topological polar surface area (TPSA) is 63.9 Å². The van der Waals surface area contributed by atoms with Gasteiger partial charge in [-0.3, -0.25) is 4.79 Å². The van der Waals surface area contributed by atoms with E-state index >= 15 is 0 Å². The monoisotopic (exact) mass is 407 g/mol. The van der Waals surface area contributed by atoms with Gasteiger partial charge in [-0.25, -0.2) is 0 Å². The molecule has 0 aliphatic rings. The number of tetrazole rings is 1. The van der Waals surface area contributed by atoms with Crippen molar-refractivity contribution in [2.75, 3.05) is 6.54 Å². The normalized spacial score (nSPS) is 10.7. The Morgan fingerprint density at radius 1 is 1.31 bits per heavy atom. The Labute approximate surface area is 164 Å². The van der Waals surface area contributed by atoms with Crippen LogP contribution in [-0.2, 0) is 17.9 Å². The van der Waals surface area contributed by atoms with E-state index in [1.54, 1.807) is 23.1 Å². The van der Waals surface area contributed by atoms with Gasteiger partial charge in [-0.2, -0.15) is 4.80 Å². The molecule has 6 nitrogen and oxygen atoms in total. The van der Waals surface area contributed by atoms with E-state index in [-0.39, 0.29) is 12.5 Å². The van der Waals surface area contributed by atoms with Crippen molar-refractivity contribution in [2.24, 2.45) is 0 Å². The van der Waals surface area contributed by atoms with E-state index in [4.69, 9.17) is 23.2 Å². The van der Waals surface area contributed by atoms with Gasteiger partial charge in [-0.15, -0.1) is 28.1 Å². The first-order valence-electron chi connectivity index (χ1n) is 7.72. The Balaban J connectivity index is 1.70. The number of aromatic nitrogens is 4. The quantitative estimate of drug-likeness (QED) is 0.556. The van der Waals surface area contributed by atoms with Gasteiger partial charge in [-0.05, 0) is 29.5 Å². The summed E-state index contributed by atoms with van der Waals surface area (Å²) in [5.74, 6) is 0.282. The van der Waals surface area contributed by atoms with Crippen LogP contribution in [0.2, 0.25) is 9.36 Å². The number of hydrogen-bond donors (Lipinski definition) is 0. The van der Waals surface area contributed by atoms with Crippen LogP contribution >= 0.6 is 34.5 Å². The Morgan fingerprint density at radius 2 is 2.15 bits per heavy atom. The van der Waals surface area contributed by atoms with Gasteiger partial charge in [0.15, 0.2) is 0 Å². The van der Waals surface area contributed by atoms with Crippen LogP contribution in [0.25, 0.3) is 11.4 Å². The predicted octanol–water partition coefficient (Wildman–Crippen LogP) is 3.92. The number of thiophene rings is 1. The van der Waals surface area contributed by atoms with E-state index in [9.17, 15) is 4.79 Å². The fourth-order valence-corrected chi connectivity index (χ4v) is 3.60. The summed E-state index contributed by atoms with van der Waals surface area (Å²) in [6.45, 7) is 4.57. The van der Waals surface area contributed by atoms with Gasteiger partial charge >= 0.3 is 0 Å². The van der Waals surface area contributed by atoms with E-state index < -0.39 is 0 Å². The predicted molar refractivity (Wildman–Crippen MR) is 103 cm³/mol. The minimum Gasteiger partial charge on any atom is -0.332 e. The smallest absolute Gasteiger partial charge is 0.246 e. The molecule has 2 aromatic heterocycles. The number of rotatable bonds is 7. The molecule has 1 amide bonds. The van der Waals surface area contributed by atoms with Gasteiger partial charge in [0.1, 0.15) is 6.54 Å². The molecule has 0 radical (unpaired) electrons. The van der Waals surface area contributed by atoms with Gasteiger partial charge in [0, 0.05) is 22.0 Å². The highest BCUT2D eigenvalue weighted by Gasteiger charge is 2.16. The molecule has 0 saturated heterocycles. The summed E-state index contributed by atoms with van der Waals surface area (Å²) >= 11 is 13.4. The first-order chi connectivity index (χ1) is 12.5. The van der Waals surface area contributed by atoms with Gasteiger partial charge < -0.3 is 4.90 Å². The lowest BCUT2D eigenvalue weighted by Crippen LogP contribution is -2.34. The standard InChI is InChI=1S/C17H15Cl2N5OS/c1-2-8-23(10-14-6-7-15(19)26-14)16(25)11-24-21-17(20-22-24)12-4-3-5-13(18)9-12/h2-7,9H,1,8,10-11H2. The molecule has 2 heterocycles. The van der Waals surface area contributed by atoms with Crippen LogP contribution in [0.1, 0.15) is 4.88 Å². The van der Waals surface area contributed by atoms with Gasteiger partial charge in [0.25, 0.3) is 0 Å². The van der Waals surface area contributed by atoms with Gasteiger partial charge in [0.05, 0.1) is 10.9 Å². The maximum Gasteiger partial charge on any atom is 0.246 e. The maximum atomic E-state index is 12.6. The Morgan fingerprint density at radius 3 is 2.85 bits per heavy atom. The van der Waals surface area contributed by atoms with Crippen molar-refractivity contribution in [1.82, 2.24) is 25.1 Å². The van der Waals surface area contributed by atoms with Crippen LogP contribution < -0.4 is 0 Å². The number of nitrogens with zero attached hydrogens (tertiary/aromatic N) is 5. The van der Waals surface area contributed by atoms with Crippen LogP contribution in [0, 0.1) is 0 Å². The lowest BCUT2D eigenvalue weighted by molar-refractivity contribution is -0.132. The van der Waals surface area contributed by atoms with Gasteiger partial charge in [0.2, 0.25) is 11.7 Å². The first kappa shape index (κ1) is 18.6. The molecular weight excluding hydrogens is 393 g/mol. The second kappa shape index (κ2) is 8.44. The molecule has 0 saturated carbocycles. The van der Waals surface area contributed by atoms with E-state index in [1.807, 2.05) is 24.3 Å². The van der Waals surface area contributed by atoms with E-state index in [0.29, 0.717) is 28.3 Å². The number of carbonyl (C=O) groups is 1. The maximum absolute atomic E-state index is 12.6. The summed E-state index contributed by atoms with van der Waals surface area (Å²) in [6.07, 6.45) is 1.68. The van der Waals surface area contributed by atoms with Crippen molar-refractivity contribution in [3.63, 3.8) is 0 Å². The Kier molecular flexibility index (Phi) is 6.03. The summed E-state index contributed by atoms with van der Waals surface area (Å²) in [5, 5.41) is 12.8. The summed E-state index contributed by atoms with van der Waals surface area (Å²) in [6, 6.07) is 10.9. The van der Waals surface area contributed by atoms with Crippen LogP contribution in [0.15, 0.2) is 49.1 Å². The number of hydrogen-bond acceptors (Lipinski definition) is 5. The fraction of sp³-hybridized carbons (Fsp3) is 0.176. The highest BCUT2D eigenvalue weighted by Crippen LogP contribution is 2.23. The molecule has 0 atom stereocenters. The highest BCUT2D eigenvalue weighted by molar-refractivity contribution is 7.16. The molecule has 3 rings (SSSR count). The third kappa shape index (κ3) is 4.69. The lowest BCUT2D eigenvalue weighted by Gasteiger charge is -2.19. The number of carbonyl (C=O) groups excluding carboxylic acids is 1. The third-order valence-corrected chi connectivity index (χ3v) is 4.94. The molecule has 0 aliphatic heterocycles. The number of amides is 1.